The topological polar surface area (TPSA) is 77.6 Å². The second-order valence-corrected chi connectivity index (χ2v) is 6.55. The van der Waals surface area contributed by atoms with E-state index in [0.717, 1.165) is 35.3 Å². The Balaban J connectivity index is 2.02. The second-order valence-electron chi connectivity index (χ2n) is 6.55. The standard InChI is InChI=1S/C20H23N3O3/c1-23(2)12-17-16-9-6-14(20(24)22-25)11-19(16)21-18(17)10-13-4-7-15(26-3)8-5-13/h4-9,11,21,25H,10,12H2,1-3H3,(H,22,24). The lowest BCUT2D eigenvalue weighted by Crippen LogP contribution is -2.18. The summed E-state index contributed by atoms with van der Waals surface area (Å²) in [4.78, 5) is 17.2. The van der Waals surface area contributed by atoms with Crippen molar-refractivity contribution in [3.8, 4) is 5.75 Å². The number of hydrogen-bond acceptors (Lipinski definition) is 4. The number of aromatic amines is 1. The fourth-order valence-corrected chi connectivity index (χ4v) is 3.11. The van der Waals surface area contributed by atoms with Gasteiger partial charge in [-0.25, -0.2) is 5.48 Å². The van der Waals surface area contributed by atoms with Crippen LogP contribution in [0.3, 0.4) is 0 Å². The summed E-state index contributed by atoms with van der Waals surface area (Å²) < 4.78 is 5.22. The normalized spacial score (nSPS) is 11.1. The molecule has 0 aliphatic carbocycles. The number of H-pyrrole nitrogens is 1. The molecule has 6 nitrogen and oxygen atoms in total. The van der Waals surface area contributed by atoms with Gasteiger partial charge in [0, 0.05) is 35.1 Å². The quantitative estimate of drug-likeness (QED) is 0.470. The number of methoxy groups -OCH3 is 1. The van der Waals surface area contributed by atoms with Gasteiger partial charge >= 0.3 is 0 Å². The van der Waals surface area contributed by atoms with Crippen molar-refractivity contribution in [2.24, 2.45) is 0 Å². The van der Waals surface area contributed by atoms with E-state index >= 15 is 0 Å². The maximum Gasteiger partial charge on any atom is 0.274 e. The first-order valence-electron chi connectivity index (χ1n) is 8.37. The van der Waals surface area contributed by atoms with Crippen molar-refractivity contribution in [3.05, 3.63) is 64.8 Å². The van der Waals surface area contributed by atoms with E-state index in [0.29, 0.717) is 5.56 Å². The van der Waals surface area contributed by atoms with Crippen molar-refractivity contribution in [1.82, 2.24) is 15.4 Å². The summed E-state index contributed by atoms with van der Waals surface area (Å²) in [5.41, 5.74) is 6.46. The summed E-state index contributed by atoms with van der Waals surface area (Å²) in [7, 11) is 5.72. The van der Waals surface area contributed by atoms with Crippen LogP contribution >= 0.6 is 0 Å². The highest BCUT2D eigenvalue weighted by Gasteiger charge is 2.15. The fraction of sp³-hybridized carbons (Fsp3) is 0.250. The van der Waals surface area contributed by atoms with E-state index in [9.17, 15) is 4.79 Å². The number of aromatic nitrogens is 1. The van der Waals surface area contributed by atoms with Crippen molar-refractivity contribution < 1.29 is 14.7 Å². The van der Waals surface area contributed by atoms with Gasteiger partial charge in [-0.05, 0) is 49.5 Å². The molecule has 0 aliphatic heterocycles. The molecule has 0 radical (unpaired) electrons. The number of rotatable bonds is 6. The van der Waals surface area contributed by atoms with Crippen LogP contribution in [-0.2, 0) is 13.0 Å². The van der Waals surface area contributed by atoms with Gasteiger partial charge in [0.2, 0.25) is 0 Å². The third kappa shape index (κ3) is 3.71. The Morgan fingerprint density at radius 2 is 1.92 bits per heavy atom. The van der Waals surface area contributed by atoms with E-state index in [1.165, 1.54) is 11.1 Å². The Morgan fingerprint density at radius 3 is 2.54 bits per heavy atom. The fourth-order valence-electron chi connectivity index (χ4n) is 3.11. The van der Waals surface area contributed by atoms with Crippen LogP contribution in [0, 0.1) is 0 Å². The van der Waals surface area contributed by atoms with Crippen LogP contribution in [0.4, 0.5) is 0 Å². The minimum atomic E-state index is -0.521. The molecule has 0 aliphatic rings. The average molecular weight is 353 g/mol. The third-order valence-corrected chi connectivity index (χ3v) is 4.37. The third-order valence-electron chi connectivity index (χ3n) is 4.37. The van der Waals surface area contributed by atoms with Gasteiger partial charge in [-0.2, -0.15) is 0 Å². The number of nitrogens with zero attached hydrogens (tertiary/aromatic N) is 1. The van der Waals surface area contributed by atoms with Gasteiger partial charge < -0.3 is 14.6 Å². The molecule has 0 saturated heterocycles. The second kappa shape index (κ2) is 7.59. The zero-order valence-corrected chi connectivity index (χ0v) is 15.2. The molecule has 0 fully saturated rings. The average Bonchev–Trinajstić information content (AvgIpc) is 2.97. The molecule has 3 N–H and O–H groups in total. The first-order valence-corrected chi connectivity index (χ1v) is 8.37. The van der Waals surface area contributed by atoms with E-state index in [2.05, 4.69) is 22.0 Å². The number of carbonyl (C=O) groups is 1. The number of amides is 1. The van der Waals surface area contributed by atoms with Crippen LogP contribution in [0.15, 0.2) is 42.5 Å². The van der Waals surface area contributed by atoms with E-state index in [-0.39, 0.29) is 0 Å². The largest absolute Gasteiger partial charge is 0.497 e. The molecule has 3 rings (SSSR count). The molecule has 0 unspecified atom stereocenters. The minimum absolute atomic E-state index is 0.411. The van der Waals surface area contributed by atoms with Gasteiger partial charge in [0.25, 0.3) is 5.91 Å². The van der Waals surface area contributed by atoms with Gasteiger partial charge in [-0.15, -0.1) is 0 Å². The molecule has 6 heteroatoms. The van der Waals surface area contributed by atoms with Crippen molar-refractivity contribution >= 4 is 16.8 Å². The number of hydroxylamine groups is 1. The molecule has 136 valence electrons. The van der Waals surface area contributed by atoms with Crippen LogP contribution in [0.2, 0.25) is 0 Å². The molecular weight excluding hydrogens is 330 g/mol. The minimum Gasteiger partial charge on any atom is -0.497 e. The number of hydrogen-bond donors (Lipinski definition) is 3. The maximum absolute atomic E-state index is 11.7. The van der Waals surface area contributed by atoms with E-state index in [4.69, 9.17) is 9.94 Å². The number of fused-ring (bicyclic) bond motifs is 1. The molecule has 0 spiro atoms. The van der Waals surface area contributed by atoms with Gasteiger partial charge in [0.15, 0.2) is 0 Å². The zero-order valence-electron chi connectivity index (χ0n) is 15.2. The highest BCUT2D eigenvalue weighted by atomic mass is 16.5. The molecule has 0 atom stereocenters. The smallest absolute Gasteiger partial charge is 0.274 e. The Kier molecular flexibility index (Phi) is 5.25. The van der Waals surface area contributed by atoms with Crippen molar-refractivity contribution in [3.63, 3.8) is 0 Å². The molecular formula is C20H23N3O3. The Labute approximate surface area is 152 Å². The summed E-state index contributed by atoms with van der Waals surface area (Å²) in [5, 5.41) is 9.93. The summed E-state index contributed by atoms with van der Waals surface area (Å²) >= 11 is 0. The summed E-state index contributed by atoms with van der Waals surface area (Å²) in [6.07, 6.45) is 0.753. The van der Waals surface area contributed by atoms with Crippen LogP contribution in [-0.4, -0.2) is 42.2 Å². The van der Waals surface area contributed by atoms with Crippen molar-refractivity contribution in [2.75, 3.05) is 21.2 Å². The molecule has 3 aromatic rings. The predicted octanol–water partition coefficient (Wildman–Crippen LogP) is 2.95. The molecule has 26 heavy (non-hydrogen) atoms. The van der Waals surface area contributed by atoms with Crippen LogP contribution in [0.25, 0.3) is 10.9 Å². The first kappa shape index (κ1) is 18.0. The van der Waals surface area contributed by atoms with Crippen molar-refractivity contribution in [1.29, 1.82) is 0 Å². The Hall–Kier alpha value is -2.83. The van der Waals surface area contributed by atoms with Crippen molar-refractivity contribution in [2.45, 2.75) is 13.0 Å². The van der Waals surface area contributed by atoms with E-state index in [1.807, 2.05) is 32.3 Å². The predicted molar refractivity (Wildman–Crippen MR) is 101 cm³/mol. The summed E-state index contributed by atoms with van der Waals surface area (Å²) in [5.74, 6) is 0.311. The highest BCUT2D eigenvalue weighted by molar-refractivity contribution is 5.98. The summed E-state index contributed by atoms with van der Waals surface area (Å²) in [6, 6.07) is 13.4. The number of nitrogens with one attached hydrogen (secondary N) is 2. The van der Waals surface area contributed by atoms with Gasteiger partial charge in [0.1, 0.15) is 5.75 Å². The van der Waals surface area contributed by atoms with Crippen LogP contribution in [0.5, 0.6) is 5.75 Å². The van der Waals surface area contributed by atoms with E-state index in [1.54, 1.807) is 24.7 Å². The maximum atomic E-state index is 11.7. The number of benzene rings is 2. The van der Waals surface area contributed by atoms with Crippen LogP contribution < -0.4 is 10.2 Å². The highest BCUT2D eigenvalue weighted by Crippen LogP contribution is 2.27. The molecule has 1 amide bonds. The molecule has 0 saturated carbocycles. The number of ether oxygens (including phenoxy) is 1. The Morgan fingerprint density at radius 1 is 1.19 bits per heavy atom. The van der Waals surface area contributed by atoms with Crippen LogP contribution in [0.1, 0.15) is 27.2 Å². The lowest BCUT2D eigenvalue weighted by molar-refractivity contribution is 0.0706. The van der Waals surface area contributed by atoms with Gasteiger partial charge in [-0.3, -0.25) is 10.0 Å². The lowest BCUT2D eigenvalue weighted by Gasteiger charge is -2.11. The SMILES string of the molecule is COc1ccc(Cc2[nH]c3cc(C(=O)NO)ccc3c2CN(C)C)cc1. The van der Waals surface area contributed by atoms with Gasteiger partial charge in [0.05, 0.1) is 7.11 Å². The van der Waals surface area contributed by atoms with Gasteiger partial charge in [-0.1, -0.05) is 18.2 Å². The Bertz CT molecular complexity index is 914. The number of carbonyl (C=O) groups excluding carboxylic acids is 1. The first-order chi connectivity index (χ1) is 12.5. The molecule has 1 heterocycles. The van der Waals surface area contributed by atoms with E-state index < -0.39 is 5.91 Å². The molecule has 0 bridgehead atoms. The monoisotopic (exact) mass is 353 g/mol. The molecule has 2 aromatic carbocycles. The molecule has 1 aromatic heterocycles. The summed E-state index contributed by atoms with van der Waals surface area (Å²) in [6.45, 7) is 0.789. The lowest BCUT2D eigenvalue weighted by atomic mass is 10.0. The zero-order chi connectivity index (χ0) is 18.7.